The van der Waals surface area contributed by atoms with Crippen LogP contribution in [-0.2, 0) is 0 Å². The first-order valence-corrected chi connectivity index (χ1v) is 6.25. The van der Waals surface area contributed by atoms with Crippen molar-refractivity contribution in [1.82, 2.24) is 0 Å². The van der Waals surface area contributed by atoms with Gasteiger partial charge in [-0.15, -0.1) is 11.3 Å². The first-order chi connectivity index (χ1) is 7.59. The number of thiophene rings is 1. The second-order valence-corrected chi connectivity index (χ2v) is 5.75. The van der Waals surface area contributed by atoms with Gasteiger partial charge in [-0.2, -0.15) is 0 Å². The fourth-order valence-corrected chi connectivity index (χ4v) is 2.84. The number of halogens is 2. The zero-order chi connectivity index (χ0) is 11.7. The third-order valence-electron chi connectivity index (χ3n) is 2.20. The Morgan fingerprint density at radius 1 is 1.38 bits per heavy atom. The van der Waals surface area contributed by atoms with Crippen molar-refractivity contribution in [2.75, 3.05) is 0 Å². The normalized spacial score (nSPS) is 10.4. The molecule has 0 saturated heterocycles. The number of aryl methyl sites for hydroxylation is 1. The van der Waals surface area contributed by atoms with Gasteiger partial charge in [-0.3, -0.25) is 4.79 Å². The Labute approximate surface area is 105 Å². The van der Waals surface area contributed by atoms with E-state index in [-0.39, 0.29) is 11.3 Å². The van der Waals surface area contributed by atoms with Crippen molar-refractivity contribution >= 4 is 33.0 Å². The van der Waals surface area contributed by atoms with Gasteiger partial charge >= 0.3 is 0 Å². The van der Waals surface area contributed by atoms with E-state index in [1.54, 1.807) is 18.2 Å². The summed E-state index contributed by atoms with van der Waals surface area (Å²) >= 11 is 4.67. The average Bonchev–Trinajstić information content (AvgIpc) is 2.59. The SMILES string of the molecule is Cc1cc(C(=O)c2ccccc2F)sc1Br. The van der Waals surface area contributed by atoms with Crippen LogP contribution in [0.3, 0.4) is 0 Å². The molecule has 0 atom stereocenters. The summed E-state index contributed by atoms with van der Waals surface area (Å²) in [5.41, 5.74) is 1.11. The largest absolute Gasteiger partial charge is 0.288 e. The molecule has 16 heavy (non-hydrogen) atoms. The van der Waals surface area contributed by atoms with Crippen LogP contribution in [0, 0.1) is 12.7 Å². The van der Waals surface area contributed by atoms with Gasteiger partial charge in [0.05, 0.1) is 14.2 Å². The Morgan fingerprint density at radius 2 is 2.06 bits per heavy atom. The van der Waals surface area contributed by atoms with Crippen LogP contribution >= 0.6 is 27.3 Å². The van der Waals surface area contributed by atoms with Crippen LogP contribution in [0.5, 0.6) is 0 Å². The Kier molecular flexibility index (Phi) is 3.21. The number of ketones is 1. The number of rotatable bonds is 2. The molecule has 4 heteroatoms. The molecule has 1 aromatic heterocycles. The van der Waals surface area contributed by atoms with Crippen molar-refractivity contribution in [1.29, 1.82) is 0 Å². The molecule has 0 aliphatic rings. The fraction of sp³-hybridized carbons (Fsp3) is 0.0833. The molecule has 1 nitrogen and oxygen atoms in total. The molecule has 0 unspecified atom stereocenters. The lowest BCUT2D eigenvalue weighted by molar-refractivity contribution is 0.103. The fourth-order valence-electron chi connectivity index (χ4n) is 1.35. The molecule has 0 N–H and O–H groups in total. The predicted octanol–water partition coefficient (Wildman–Crippen LogP) is 4.19. The number of carbonyl (C=O) groups is 1. The second kappa shape index (κ2) is 4.47. The minimum absolute atomic E-state index is 0.122. The summed E-state index contributed by atoms with van der Waals surface area (Å²) in [4.78, 5) is 12.5. The standard InChI is InChI=1S/C12H8BrFOS/c1-7-6-10(16-12(7)13)11(15)8-4-2-3-5-9(8)14/h2-6H,1H3. The molecular weight excluding hydrogens is 291 g/mol. The van der Waals surface area contributed by atoms with Crippen LogP contribution in [-0.4, -0.2) is 5.78 Å². The molecule has 0 bridgehead atoms. The summed E-state index contributed by atoms with van der Waals surface area (Å²) in [6.45, 7) is 1.90. The molecule has 0 fully saturated rings. The summed E-state index contributed by atoms with van der Waals surface area (Å²) in [5, 5.41) is 0. The topological polar surface area (TPSA) is 17.1 Å². The van der Waals surface area contributed by atoms with E-state index >= 15 is 0 Å². The molecule has 0 aliphatic heterocycles. The number of hydrogen-bond donors (Lipinski definition) is 0. The van der Waals surface area contributed by atoms with Crippen molar-refractivity contribution in [3.63, 3.8) is 0 Å². The van der Waals surface area contributed by atoms with Gasteiger partial charge in [0.2, 0.25) is 5.78 Å². The average molecular weight is 299 g/mol. The summed E-state index contributed by atoms with van der Waals surface area (Å²) in [6.07, 6.45) is 0. The third-order valence-corrected chi connectivity index (χ3v) is 4.33. The van der Waals surface area contributed by atoms with Gasteiger partial charge in [0.15, 0.2) is 0 Å². The second-order valence-electron chi connectivity index (χ2n) is 3.38. The van der Waals surface area contributed by atoms with Crippen LogP contribution in [0.1, 0.15) is 20.8 Å². The van der Waals surface area contributed by atoms with E-state index in [9.17, 15) is 9.18 Å². The van der Waals surface area contributed by atoms with Gasteiger partial charge < -0.3 is 0 Å². The lowest BCUT2D eigenvalue weighted by Gasteiger charge is -1.98. The maximum Gasteiger partial charge on any atom is 0.205 e. The smallest absolute Gasteiger partial charge is 0.205 e. The van der Waals surface area contributed by atoms with Gasteiger partial charge in [0.25, 0.3) is 0 Å². The molecule has 0 spiro atoms. The van der Waals surface area contributed by atoms with Gasteiger partial charge in [-0.1, -0.05) is 12.1 Å². The lowest BCUT2D eigenvalue weighted by Crippen LogP contribution is -2.01. The highest BCUT2D eigenvalue weighted by Gasteiger charge is 2.16. The first-order valence-electron chi connectivity index (χ1n) is 4.65. The maximum atomic E-state index is 13.4. The van der Waals surface area contributed by atoms with Crippen molar-refractivity contribution in [2.24, 2.45) is 0 Å². The minimum atomic E-state index is -0.477. The molecule has 2 rings (SSSR count). The van der Waals surface area contributed by atoms with Crippen molar-refractivity contribution in [2.45, 2.75) is 6.92 Å². The Balaban J connectivity index is 2.43. The zero-order valence-electron chi connectivity index (χ0n) is 8.46. The first kappa shape index (κ1) is 11.5. The Bertz CT molecular complexity index is 528. The highest BCUT2D eigenvalue weighted by Crippen LogP contribution is 2.29. The van der Waals surface area contributed by atoms with E-state index in [1.165, 1.54) is 23.5 Å². The van der Waals surface area contributed by atoms with Crippen molar-refractivity contribution in [3.05, 3.63) is 55.9 Å². The minimum Gasteiger partial charge on any atom is -0.288 e. The van der Waals surface area contributed by atoms with E-state index in [0.717, 1.165) is 9.35 Å². The van der Waals surface area contributed by atoms with Gasteiger partial charge in [-0.25, -0.2) is 4.39 Å². The quantitative estimate of drug-likeness (QED) is 0.760. The molecule has 1 heterocycles. The van der Waals surface area contributed by atoms with E-state index in [1.807, 2.05) is 6.92 Å². The van der Waals surface area contributed by atoms with Crippen LogP contribution in [0.2, 0.25) is 0 Å². The Morgan fingerprint density at radius 3 is 2.62 bits per heavy atom. The summed E-state index contributed by atoms with van der Waals surface area (Å²) < 4.78 is 14.3. The van der Waals surface area contributed by atoms with Crippen LogP contribution in [0.15, 0.2) is 34.1 Å². The molecule has 82 valence electrons. The highest BCUT2D eigenvalue weighted by atomic mass is 79.9. The summed E-state index contributed by atoms with van der Waals surface area (Å²) in [7, 11) is 0. The monoisotopic (exact) mass is 298 g/mol. The van der Waals surface area contributed by atoms with Crippen LogP contribution < -0.4 is 0 Å². The van der Waals surface area contributed by atoms with Crippen molar-refractivity contribution < 1.29 is 9.18 Å². The number of hydrogen-bond acceptors (Lipinski definition) is 2. The third kappa shape index (κ3) is 2.08. The predicted molar refractivity (Wildman–Crippen MR) is 66.6 cm³/mol. The van der Waals surface area contributed by atoms with E-state index < -0.39 is 5.82 Å². The lowest BCUT2D eigenvalue weighted by atomic mass is 10.1. The molecule has 0 radical (unpaired) electrons. The highest BCUT2D eigenvalue weighted by molar-refractivity contribution is 9.11. The van der Waals surface area contributed by atoms with Crippen LogP contribution in [0.4, 0.5) is 4.39 Å². The molecular formula is C12H8BrFOS. The molecule has 0 aliphatic carbocycles. The van der Waals surface area contributed by atoms with Gasteiger partial charge in [0, 0.05) is 0 Å². The van der Waals surface area contributed by atoms with Gasteiger partial charge in [-0.05, 0) is 46.6 Å². The van der Waals surface area contributed by atoms with Crippen molar-refractivity contribution in [3.8, 4) is 0 Å². The molecule has 0 saturated carbocycles. The number of carbonyl (C=O) groups excluding carboxylic acids is 1. The molecule has 1 aromatic carbocycles. The van der Waals surface area contributed by atoms with Crippen LogP contribution in [0.25, 0.3) is 0 Å². The molecule has 0 amide bonds. The zero-order valence-corrected chi connectivity index (χ0v) is 10.9. The molecule has 2 aromatic rings. The van der Waals surface area contributed by atoms with Gasteiger partial charge in [0.1, 0.15) is 5.82 Å². The number of benzene rings is 1. The van der Waals surface area contributed by atoms with E-state index in [4.69, 9.17) is 0 Å². The Hall–Kier alpha value is -1.000. The van der Waals surface area contributed by atoms with E-state index in [2.05, 4.69) is 15.9 Å². The summed E-state index contributed by atoms with van der Waals surface area (Å²) in [6, 6.07) is 7.79. The van der Waals surface area contributed by atoms with E-state index in [0.29, 0.717) is 4.88 Å². The maximum absolute atomic E-state index is 13.4. The summed E-state index contributed by atoms with van der Waals surface area (Å²) in [5.74, 6) is -0.744.